The molecule has 0 spiro atoms. The van der Waals surface area contributed by atoms with Crippen LogP contribution < -0.4 is 14.8 Å². The molecule has 0 unspecified atom stereocenters. The van der Waals surface area contributed by atoms with E-state index in [4.69, 9.17) is 9.47 Å². The molecule has 0 aromatic heterocycles. The molecule has 7 heteroatoms. The van der Waals surface area contributed by atoms with Crippen molar-refractivity contribution in [2.24, 2.45) is 0 Å². The van der Waals surface area contributed by atoms with E-state index in [0.29, 0.717) is 17.1 Å². The van der Waals surface area contributed by atoms with Gasteiger partial charge >= 0.3 is 6.03 Å². The van der Waals surface area contributed by atoms with Crippen molar-refractivity contribution in [2.45, 2.75) is 31.9 Å². The first-order valence-electron chi connectivity index (χ1n) is 9.55. The molecule has 0 aliphatic carbocycles. The predicted octanol–water partition coefficient (Wildman–Crippen LogP) is 2.46. The van der Waals surface area contributed by atoms with Gasteiger partial charge in [-0.3, -0.25) is 9.69 Å². The normalized spacial score (nSPS) is 19.8. The van der Waals surface area contributed by atoms with Gasteiger partial charge in [0, 0.05) is 0 Å². The Kier molecular flexibility index (Phi) is 6.08. The van der Waals surface area contributed by atoms with Gasteiger partial charge in [-0.25, -0.2) is 4.79 Å². The highest BCUT2D eigenvalue weighted by Gasteiger charge is 2.49. The number of urea groups is 1. The maximum Gasteiger partial charge on any atom is 0.325 e. The zero-order valence-corrected chi connectivity index (χ0v) is 16.8. The summed E-state index contributed by atoms with van der Waals surface area (Å²) >= 11 is 0. The number of ether oxygens (including phenoxy) is 2. The van der Waals surface area contributed by atoms with Crippen LogP contribution in [0.5, 0.6) is 11.5 Å². The van der Waals surface area contributed by atoms with Gasteiger partial charge in [-0.05, 0) is 48.7 Å². The number of carbonyl (C=O) groups excluding carboxylic acids is 2. The minimum atomic E-state index is -1.19. The highest BCUT2D eigenvalue weighted by atomic mass is 16.5. The molecule has 2 atom stereocenters. The summed E-state index contributed by atoms with van der Waals surface area (Å²) in [4.78, 5) is 26.4. The summed E-state index contributed by atoms with van der Waals surface area (Å²) in [7, 11) is 1.56. The van der Waals surface area contributed by atoms with Crippen molar-refractivity contribution in [3.05, 3.63) is 59.7 Å². The van der Waals surface area contributed by atoms with Gasteiger partial charge in [0.05, 0.1) is 13.7 Å². The molecule has 3 rings (SSSR count). The van der Waals surface area contributed by atoms with E-state index in [1.54, 1.807) is 38.3 Å². The maximum atomic E-state index is 12.9. The summed E-state index contributed by atoms with van der Waals surface area (Å²) in [6, 6.07) is 14.0. The highest BCUT2D eigenvalue weighted by molar-refractivity contribution is 6.07. The Bertz CT molecular complexity index is 866. The number of hydrogen-bond acceptors (Lipinski definition) is 5. The minimum absolute atomic E-state index is 0.0260. The number of β-amino-alcohol motifs (C(OH)–C–C–N with tert-alkyl or cyclic N) is 1. The van der Waals surface area contributed by atoms with E-state index in [2.05, 4.69) is 12.2 Å². The maximum absolute atomic E-state index is 12.9. The summed E-state index contributed by atoms with van der Waals surface area (Å²) in [5.41, 5.74) is 0.635. The number of methoxy groups -OCH3 is 1. The van der Waals surface area contributed by atoms with Gasteiger partial charge in [0.15, 0.2) is 0 Å². The van der Waals surface area contributed by atoms with Crippen LogP contribution >= 0.6 is 0 Å². The Hall–Kier alpha value is -3.06. The summed E-state index contributed by atoms with van der Waals surface area (Å²) in [6.45, 7) is 3.54. The number of rotatable bonds is 8. The van der Waals surface area contributed by atoms with Crippen LogP contribution in [0.15, 0.2) is 48.5 Å². The van der Waals surface area contributed by atoms with E-state index >= 15 is 0 Å². The molecule has 1 saturated heterocycles. The van der Waals surface area contributed by atoms with Crippen LogP contribution in [-0.2, 0) is 16.8 Å². The zero-order chi connectivity index (χ0) is 21.0. The molecular formula is C22H26N2O5. The van der Waals surface area contributed by atoms with E-state index < -0.39 is 23.6 Å². The fourth-order valence-corrected chi connectivity index (χ4v) is 3.26. The van der Waals surface area contributed by atoms with Gasteiger partial charge in [-0.1, -0.05) is 31.2 Å². The van der Waals surface area contributed by atoms with E-state index in [0.717, 1.165) is 11.3 Å². The van der Waals surface area contributed by atoms with Crippen molar-refractivity contribution in [1.82, 2.24) is 10.2 Å². The number of imide groups is 1. The fourth-order valence-electron chi connectivity index (χ4n) is 3.26. The first kappa shape index (κ1) is 20.7. The topological polar surface area (TPSA) is 88.1 Å². The number of nitrogens with zero attached hydrogens (tertiary/aromatic N) is 1. The smallest absolute Gasteiger partial charge is 0.325 e. The molecule has 1 heterocycles. The lowest BCUT2D eigenvalue weighted by Gasteiger charge is -2.23. The molecule has 154 valence electrons. The molecule has 2 aromatic carbocycles. The number of carbonyl (C=O) groups is 2. The molecule has 7 nitrogen and oxygen atoms in total. The Morgan fingerprint density at radius 1 is 1.07 bits per heavy atom. The van der Waals surface area contributed by atoms with E-state index in [1.807, 2.05) is 24.3 Å². The quantitative estimate of drug-likeness (QED) is 0.667. The SMILES string of the molecule is CCc1ccc(OC[C@H](O)CN2C(=O)N[C@@](C)(c3ccc(OC)cc3)C2=O)cc1. The standard InChI is InChI=1S/C22H26N2O5/c1-4-15-5-9-19(10-6-15)29-14-17(25)13-24-20(26)22(2,23-21(24)27)16-7-11-18(28-3)12-8-16/h5-12,17,25H,4,13-14H2,1-3H3,(H,23,27)/t17-,22+/m1/s1. The van der Waals surface area contributed by atoms with E-state index in [1.165, 1.54) is 5.56 Å². The van der Waals surface area contributed by atoms with Gasteiger partial charge in [0.25, 0.3) is 5.91 Å². The fraction of sp³-hybridized carbons (Fsp3) is 0.364. The second kappa shape index (κ2) is 8.53. The number of aryl methyl sites for hydroxylation is 1. The summed E-state index contributed by atoms with van der Waals surface area (Å²) in [6.07, 6.45) is -0.0732. The van der Waals surface area contributed by atoms with Gasteiger partial charge in [-0.2, -0.15) is 0 Å². The molecule has 0 bridgehead atoms. The van der Waals surface area contributed by atoms with Gasteiger partial charge < -0.3 is 19.9 Å². The molecule has 2 N–H and O–H groups in total. The highest BCUT2D eigenvalue weighted by Crippen LogP contribution is 2.30. The number of aliphatic hydroxyl groups excluding tert-OH is 1. The number of nitrogens with one attached hydrogen (secondary N) is 1. The Morgan fingerprint density at radius 3 is 2.28 bits per heavy atom. The van der Waals surface area contributed by atoms with Crippen LogP contribution in [0.1, 0.15) is 25.0 Å². The van der Waals surface area contributed by atoms with Crippen LogP contribution in [0.2, 0.25) is 0 Å². The third-order valence-electron chi connectivity index (χ3n) is 5.11. The van der Waals surface area contributed by atoms with Crippen LogP contribution in [0.25, 0.3) is 0 Å². The van der Waals surface area contributed by atoms with Crippen LogP contribution in [0.4, 0.5) is 4.79 Å². The third kappa shape index (κ3) is 4.35. The molecule has 0 saturated carbocycles. The van der Waals surface area contributed by atoms with Crippen LogP contribution in [0.3, 0.4) is 0 Å². The number of benzene rings is 2. The third-order valence-corrected chi connectivity index (χ3v) is 5.11. The molecule has 29 heavy (non-hydrogen) atoms. The first-order valence-corrected chi connectivity index (χ1v) is 9.55. The molecular weight excluding hydrogens is 372 g/mol. The average molecular weight is 398 g/mol. The number of aliphatic hydroxyl groups is 1. The first-order chi connectivity index (χ1) is 13.9. The number of hydrogen-bond donors (Lipinski definition) is 2. The van der Waals surface area contributed by atoms with Crippen molar-refractivity contribution in [2.75, 3.05) is 20.3 Å². The van der Waals surface area contributed by atoms with Crippen molar-refractivity contribution >= 4 is 11.9 Å². The second-order valence-corrected chi connectivity index (χ2v) is 7.16. The minimum Gasteiger partial charge on any atom is -0.497 e. The monoisotopic (exact) mass is 398 g/mol. The van der Waals surface area contributed by atoms with Crippen LogP contribution in [0, 0.1) is 0 Å². The summed E-state index contributed by atoms with van der Waals surface area (Å²) in [5, 5.41) is 13.0. The molecule has 1 aliphatic heterocycles. The lowest BCUT2D eigenvalue weighted by Crippen LogP contribution is -2.42. The van der Waals surface area contributed by atoms with Gasteiger partial charge in [-0.15, -0.1) is 0 Å². The Morgan fingerprint density at radius 2 is 1.69 bits per heavy atom. The van der Waals surface area contributed by atoms with Crippen molar-refractivity contribution < 1.29 is 24.2 Å². The largest absolute Gasteiger partial charge is 0.497 e. The Labute approximate surface area is 170 Å². The summed E-state index contributed by atoms with van der Waals surface area (Å²) < 4.78 is 10.7. The van der Waals surface area contributed by atoms with E-state index in [9.17, 15) is 14.7 Å². The lowest BCUT2D eigenvalue weighted by atomic mass is 9.92. The zero-order valence-electron chi connectivity index (χ0n) is 16.8. The predicted molar refractivity (Wildman–Crippen MR) is 108 cm³/mol. The van der Waals surface area contributed by atoms with E-state index in [-0.39, 0.29) is 13.2 Å². The van der Waals surface area contributed by atoms with Crippen molar-refractivity contribution in [3.8, 4) is 11.5 Å². The number of amides is 3. The lowest BCUT2D eigenvalue weighted by molar-refractivity contribution is -0.132. The average Bonchev–Trinajstić information content (AvgIpc) is 2.96. The molecule has 3 amide bonds. The molecule has 1 aliphatic rings. The molecule has 0 radical (unpaired) electrons. The molecule has 2 aromatic rings. The van der Waals surface area contributed by atoms with Crippen molar-refractivity contribution in [3.63, 3.8) is 0 Å². The molecule has 1 fully saturated rings. The summed E-state index contributed by atoms with van der Waals surface area (Å²) in [5.74, 6) is 0.867. The Balaban J connectivity index is 1.62. The van der Waals surface area contributed by atoms with Gasteiger partial charge in [0.1, 0.15) is 29.7 Å². The van der Waals surface area contributed by atoms with Crippen LogP contribution in [-0.4, -0.2) is 48.3 Å². The second-order valence-electron chi connectivity index (χ2n) is 7.16. The van der Waals surface area contributed by atoms with Gasteiger partial charge in [0.2, 0.25) is 0 Å². The van der Waals surface area contributed by atoms with Crippen molar-refractivity contribution in [1.29, 1.82) is 0 Å².